The van der Waals surface area contributed by atoms with E-state index in [9.17, 15) is 0 Å². The van der Waals surface area contributed by atoms with Gasteiger partial charge >= 0.3 is 0 Å². The molecule has 0 spiro atoms. The van der Waals surface area contributed by atoms with Crippen LogP contribution in [0.2, 0.25) is 5.02 Å². The topological polar surface area (TPSA) is 42.2 Å². The number of hydrogen-bond acceptors (Lipinski definition) is 5. The fraction of sp³-hybridized carbons (Fsp3) is 0.333. The summed E-state index contributed by atoms with van der Waals surface area (Å²) in [5.74, 6) is 1.47. The van der Waals surface area contributed by atoms with E-state index in [1.807, 2.05) is 38.1 Å². The second-order valence-corrected chi connectivity index (χ2v) is 7.27. The van der Waals surface area contributed by atoms with Crippen molar-refractivity contribution in [3.63, 3.8) is 0 Å². The molecule has 0 bridgehead atoms. The van der Waals surface area contributed by atoms with E-state index in [4.69, 9.17) is 16.0 Å². The van der Waals surface area contributed by atoms with Crippen molar-refractivity contribution >= 4 is 22.9 Å². The zero-order valence-corrected chi connectivity index (χ0v) is 15.8. The Bertz CT molecular complexity index is 825. The van der Waals surface area contributed by atoms with Crippen LogP contribution in [0.15, 0.2) is 34.1 Å². The van der Waals surface area contributed by atoms with E-state index in [-0.39, 0.29) is 6.04 Å². The number of thiazole rings is 1. The van der Waals surface area contributed by atoms with Gasteiger partial charge in [-0.15, -0.1) is 11.3 Å². The first kappa shape index (κ1) is 17.1. The Balaban J connectivity index is 1.76. The minimum Gasteiger partial charge on any atom is -0.441 e. The highest BCUT2D eigenvalue weighted by Gasteiger charge is 2.19. The molecule has 0 N–H and O–H groups in total. The van der Waals surface area contributed by atoms with Crippen LogP contribution in [0.4, 0.5) is 0 Å². The van der Waals surface area contributed by atoms with Crippen molar-refractivity contribution in [2.24, 2.45) is 0 Å². The zero-order valence-electron chi connectivity index (χ0n) is 14.2. The molecule has 0 radical (unpaired) electrons. The van der Waals surface area contributed by atoms with Gasteiger partial charge in [0.05, 0.1) is 11.7 Å². The van der Waals surface area contributed by atoms with Crippen molar-refractivity contribution in [2.45, 2.75) is 33.4 Å². The lowest BCUT2D eigenvalue weighted by atomic mass is 10.2. The first-order valence-corrected chi connectivity index (χ1v) is 9.04. The highest BCUT2D eigenvalue weighted by Crippen LogP contribution is 2.27. The van der Waals surface area contributed by atoms with E-state index in [0.717, 1.165) is 27.7 Å². The minimum absolute atomic E-state index is 0.235. The summed E-state index contributed by atoms with van der Waals surface area (Å²) in [5.41, 5.74) is 2.94. The maximum absolute atomic E-state index is 5.94. The van der Waals surface area contributed by atoms with Crippen LogP contribution in [0.5, 0.6) is 0 Å². The highest BCUT2D eigenvalue weighted by molar-refractivity contribution is 7.09. The molecule has 3 aromatic rings. The Morgan fingerprint density at radius 2 is 1.92 bits per heavy atom. The molecule has 4 nitrogen and oxygen atoms in total. The Morgan fingerprint density at radius 1 is 1.21 bits per heavy atom. The van der Waals surface area contributed by atoms with E-state index < -0.39 is 0 Å². The number of hydrogen-bond donors (Lipinski definition) is 0. The van der Waals surface area contributed by atoms with Crippen LogP contribution in [-0.2, 0) is 6.54 Å². The fourth-order valence-corrected chi connectivity index (χ4v) is 3.46. The molecule has 1 atom stereocenters. The zero-order chi connectivity index (χ0) is 17.3. The van der Waals surface area contributed by atoms with Gasteiger partial charge < -0.3 is 4.42 Å². The van der Waals surface area contributed by atoms with Crippen molar-refractivity contribution in [1.82, 2.24) is 14.9 Å². The Kier molecular flexibility index (Phi) is 5.04. The second-order valence-electron chi connectivity index (χ2n) is 5.95. The first-order chi connectivity index (χ1) is 11.4. The maximum Gasteiger partial charge on any atom is 0.226 e. The number of oxazole rings is 1. The van der Waals surface area contributed by atoms with Crippen molar-refractivity contribution in [3.05, 3.63) is 56.8 Å². The molecule has 2 aromatic heterocycles. The van der Waals surface area contributed by atoms with Crippen molar-refractivity contribution in [2.75, 3.05) is 7.05 Å². The van der Waals surface area contributed by atoms with Gasteiger partial charge in [-0.05, 0) is 52.1 Å². The standard InChI is InChI=1S/C18H20ClN3OS/c1-11-10-24-18(20-11)12(2)22(4)9-16-13(3)23-17(21-16)14-5-7-15(19)8-6-14/h5-8,10,12H,9H2,1-4H3/t12-/m0/s1. The van der Waals surface area contributed by atoms with Gasteiger partial charge in [-0.3, -0.25) is 4.90 Å². The van der Waals surface area contributed by atoms with Crippen LogP contribution in [0.1, 0.15) is 35.1 Å². The third-order valence-electron chi connectivity index (χ3n) is 4.04. The van der Waals surface area contributed by atoms with Crippen molar-refractivity contribution in [1.29, 1.82) is 0 Å². The molecule has 0 unspecified atom stereocenters. The van der Waals surface area contributed by atoms with Crippen LogP contribution in [-0.4, -0.2) is 21.9 Å². The van der Waals surface area contributed by atoms with Crippen LogP contribution >= 0.6 is 22.9 Å². The average molecular weight is 362 g/mol. The van der Waals surface area contributed by atoms with E-state index >= 15 is 0 Å². The van der Waals surface area contributed by atoms with Gasteiger partial charge in [0, 0.05) is 28.2 Å². The number of halogens is 1. The molecule has 126 valence electrons. The monoisotopic (exact) mass is 361 g/mol. The quantitative estimate of drug-likeness (QED) is 0.621. The summed E-state index contributed by atoms with van der Waals surface area (Å²) in [6.45, 7) is 6.84. The van der Waals surface area contributed by atoms with Gasteiger partial charge in [0.15, 0.2) is 0 Å². The van der Waals surface area contributed by atoms with Gasteiger partial charge in [-0.1, -0.05) is 11.6 Å². The van der Waals surface area contributed by atoms with E-state index in [1.165, 1.54) is 0 Å². The normalized spacial score (nSPS) is 12.8. The summed E-state index contributed by atoms with van der Waals surface area (Å²) < 4.78 is 5.84. The van der Waals surface area contributed by atoms with Crippen LogP contribution in [0, 0.1) is 13.8 Å². The van der Waals surface area contributed by atoms with Crippen LogP contribution in [0.25, 0.3) is 11.5 Å². The number of rotatable bonds is 5. The smallest absolute Gasteiger partial charge is 0.226 e. The Morgan fingerprint density at radius 3 is 2.54 bits per heavy atom. The maximum atomic E-state index is 5.94. The summed E-state index contributed by atoms with van der Waals surface area (Å²) in [4.78, 5) is 11.5. The van der Waals surface area contributed by atoms with E-state index in [2.05, 4.69) is 34.2 Å². The molecule has 2 heterocycles. The lowest BCUT2D eigenvalue weighted by Crippen LogP contribution is -2.22. The van der Waals surface area contributed by atoms with Gasteiger partial charge in [-0.25, -0.2) is 9.97 Å². The largest absolute Gasteiger partial charge is 0.441 e. The number of aryl methyl sites for hydroxylation is 2. The molecule has 0 saturated heterocycles. The molecule has 6 heteroatoms. The van der Waals surface area contributed by atoms with Crippen molar-refractivity contribution in [3.8, 4) is 11.5 Å². The third-order valence-corrected chi connectivity index (χ3v) is 5.42. The number of benzene rings is 1. The predicted molar refractivity (Wildman–Crippen MR) is 98.4 cm³/mol. The molecule has 0 aliphatic carbocycles. The summed E-state index contributed by atoms with van der Waals surface area (Å²) in [7, 11) is 2.08. The molecule has 0 fully saturated rings. The molecule has 0 saturated carbocycles. The predicted octanol–water partition coefficient (Wildman–Crippen LogP) is 5.26. The van der Waals surface area contributed by atoms with Crippen LogP contribution in [0.3, 0.4) is 0 Å². The first-order valence-electron chi connectivity index (χ1n) is 7.78. The molecular formula is C18H20ClN3OS. The average Bonchev–Trinajstić information content (AvgIpc) is 3.14. The van der Waals surface area contributed by atoms with Gasteiger partial charge in [-0.2, -0.15) is 0 Å². The summed E-state index contributed by atoms with van der Waals surface area (Å²) in [6.07, 6.45) is 0. The molecule has 0 amide bonds. The molecular weight excluding hydrogens is 342 g/mol. The number of nitrogens with zero attached hydrogens (tertiary/aromatic N) is 3. The van der Waals surface area contributed by atoms with Gasteiger partial charge in [0.1, 0.15) is 10.8 Å². The fourth-order valence-electron chi connectivity index (χ4n) is 2.42. The Hall–Kier alpha value is -1.69. The highest BCUT2D eigenvalue weighted by atomic mass is 35.5. The van der Waals surface area contributed by atoms with Crippen LogP contribution < -0.4 is 0 Å². The third kappa shape index (κ3) is 3.69. The lowest BCUT2D eigenvalue weighted by molar-refractivity contribution is 0.248. The summed E-state index contributed by atoms with van der Waals surface area (Å²) >= 11 is 7.63. The second kappa shape index (κ2) is 7.05. The van der Waals surface area contributed by atoms with E-state index in [0.29, 0.717) is 17.5 Å². The molecule has 24 heavy (non-hydrogen) atoms. The summed E-state index contributed by atoms with van der Waals surface area (Å²) in [5, 5.41) is 3.91. The van der Waals surface area contributed by atoms with E-state index in [1.54, 1.807) is 11.3 Å². The molecule has 0 aliphatic heterocycles. The molecule has 1 aromatic carbocycles. The van der Waals surface area contributed by atoms with Gasteiger partial charge in [0.25, 0.3) is 0 Å². The van der Waals surface area contributed by atoms with Gasteiger partial charge in [0.2, 0.25) is 5.89 Å². The van der Waals surface area contributed by atoms with Crippen molar-refractivity contribution < 1.29 is 4.42 Å². The molecule has 3 rings (SSSR count). The lowest BCUT2D eigenvalue weighted by Gasteiger charge is -2.21. The summed E-state index contributed by atoms with van der Waals surface area (Å²) in [6, 6.07) is 7.76. The molecule has 0 aliphatic rings. The SMILES string of the molecule is Cc1csc([C@H](C)N(C)Cc2nc(-c3ccc(Cl)cc3)oc2C)n1. The number of aromatic nitrogens is 2. The Labute approximate surface area is 151 Å². The minimum atomic E-state index is 0.235.